The summed E-state index contributed by atoms with van der Waals surface area (Å²) in [7, 11) is 1.70. The van der Waals surface area contributed by atoms with Crippen LogP contribution in [0, 0.1) is 5.92 Å². The van der Waals surface area contributed by atoms with Crippen LogP contribution < -0.4 is 15.5 Å². The summed E-state index contributed by atoms with van der Waals surface area (Å²) in [6.45, 7) is 2.13. The lowest BCUT2D eigenvalue weighted by Crippen LogP contribution is -2.50. The number of benzene rings is 2. The van der Waals surface area contributed by atoms with Crippen LogP contribution >= 0.6 is 35.4 Å². The molecule has 6 nitrogen and oxygen atoms in total. The maximum Gasteiger partial charge on any atom is 0.272 e. The molecule has 2 N–H and O–H groups in total. The molecule has 33 heavy (non-hydrogen) atoms. The molecule has 2 aliphatic rings. The number of amides is 1. The second kappa shape index (κ2) is 10.0. The summed E-state index contributed by atoms with van der Waals surface area (Å²) in [5.74, 6) is 0.894. The number of fused-ring (bicyclic) bond motifs is 1. The number of hydrogen-bond donors (Lipinski definition) is 2. The Labute approximate surface area is 208 Å². The number of allylic oxidation sites excluding steroid dienone is 1. The number of nitrogens with zero attached hydrogens (tertiary/aromatic N) is 3. The predicted molar refractivity (Wildman–Crippen MR) is 140 cm³/mol. The van der Waals surface area contributed by atoms with Crippen molar-refractivity contribution in [1.29, 1.82) is 0 Å². The Kier molecular flexibility index (Phi) is 7.12. The topological polar surface area (TPSA) is 69.1 Å². The molecule has 0 aromatic heterocycles. The van der Waals surface area contributed by atoms with Gasteiger partial charge in [-0.2, -0.15) is 0 Å². The highest BCUT2D eigenvalue weighted by molar-refractivity contribution is 7.80. The van der Waals surface area contributed by atoms with Gasteiger partial charge in [-0.05, 0) is 48.8 Å². The number of likely N-dealkylation sites (N-methyl/N-ethyl adjacent to an activating group) is 1. The molecule has 2 unspecified atom stereocenters. The number of rotatable bonds is 3. The van der Waals surface area contributed by atoms with Crippen LogP contribution in [-0.4, -0.2) is 35.8 Å². The predicted octanol–water partition coefficient (Wildman–Crippen LogP) is 4.94. The van der Waals surface area contributed by atoms with Crippen molar-refractivity contribution in [3.8, 4) is 0 Å². The summed E-state index contributed by atoms with van der Waals surface area (Å²) < 4.78 is 0. The van der Waals surface area contributed by atoms with Crippen LogP contribution in [0.15, 0.2) is 64.7 Å². The smallest absolute Gasteiger partial charge is 0.272 e. The van der Waals surface area contributed by atoms with Gasteiger partial charge in [-0.1, -0.05) is 54.4 Å². The molecule has 1 amide bonds. The van der Waals surface area contributed by atoms with Crippen molar-refractivity contribution >= 4 is 63.7 Å². The molecule has 2 atom stereocenters. The summed E-state index contributed by atoms with van der Waals surface area (Å²) in [5, 5.41) is 7.49. The SMILES string of the molecule is CCC1C=CN=C(NC(=S)NC2N=C(c3ccccc3Cl)c3cc(Cl)ccc3N(C)C2=O)C1. The fraction of sp³-hybridized carbons (Fsp3) is 0.250. The maximum absolute atomic E-state index is 13.3. The monoisotopic (exact) mass is 499 g/mol. The van der Waals surface area contributed by atoms with E-state index in [2.05, 4.69) is 28.6 Å². The molecule has 0 saturated heterocycles. The van der Waals surface area contributed by atoms with Crippen LogP contribution in [0.1, 0.15) is 30.9 Å². The minimum Gasteiger partial charge on any atom is -0.333 e. The van der Waals surface area contributed by atoms with Crippen LogP contribution in [-0.2, 0) is 4.79 Å². The number of nitrogens with one attached hydrogen (secondary N) is 2. The molecular weight excluding hydrogens is 477 g/mol. The number of benzodiazepines with no additional fused rings is 1. The van der Waals surface area contributed by atoms with Gasteiger partial charge in [0.2, 0.25) is 6.17 Å². The number of aliphatic imine (C=N–C) groups is 2. The lowest BCUT2D eigenvalue weighted by Gasteiger charge is -2.23. The number of carbonyl (C=O) groups excluding carboxylic acids is 1. The van der Waals surface area contributed by atoms with Crippen molar-refractivity contribution < 1.29 is 4.79 Å². The number of thiocarbonyl (C=S) groups is 1. The van der Waals surface area contributed by atoms with Crippen LogP contribution in [0.2, 0.25) is 10.0 Å². The quantitative estimate of drug-likeness (QED) is 0.586. The first-order valence-electron chi connectivity index (χ1n) is 10.6. The van der Waals surface area contributed by atoms with Gasteiger partial charge in [0.15, 0.2) is 5.11 Å². The lowest BCUT2D eigenvalue weighted by molar-refractivity contribution is -0.119. The average Bonchev–Trinajstić information content (AvgIpc) is 2.90. The van der Waals surface area contributed by atoms with Crippen LogP contribution in [0.3, 0.4) is 0 Å². The highest BCUT2D eigenvalue weighted by Gasteiger charge is 2.31. The normalized spacial score (nSPS) is 19.9. The zero-order chi connectivity index (χ0) is 23.5. The van der Waals surface area contributed by atoms with Gasteiger partial charge >= 0.3 is 0 Å². The molecule has 0 fully saturated rings. The molecule has 0 spiro atoms. The highest BCUT2D eigenvalue weighted by Crippen LogP contribution is 2.31. The fourth-order valence-corrected chi connectivity index (χ4v) is 4.41. The third-order valence-corrected chi connectivity index (χ3v) is 6.41. The second-order valence-corrected chi connectivity index (χ2v) is 9.06. The molecule has 0 radical (unpaired) electrons. The summed E-state index contributed by atoms with van der Waals surface area (Å²) in [5.41, 5.74) is 2.64. The second-order valence-electron chi connectivity index (χ2n) is 7.81. The molecule has 9 heteroatoms. The van der Waals surface area contributed by atoms with E-state index in [1.807, 2.05) is 18.2 Å². The van der Waals surface area contributed by atoms with Gasteiger partial charge < -0.3 is 15.5 Å². The van der Waals surface area contributed by atoms with Gasteiger partial charge in [-0.25, -0.2) is 9.98 Å². The number of anilines is 1. The Hall–Kier alpha value is -2.74. The minimum atomic E-state index is -0.964. The zero-order valence-electron chi connectivity index (χ0n) is 18.2. The largest absolute Gasteiger partial charge is 0.333 e. The average molecular weight is 500 g/mol. The number of carbonyl (C=O) groups is 1. The van der Waals surface area contributed by atoms with Crippen LogP contribution in [0.4, 0.5) is 5.69 Å². The number of amidine groups is 1. The van der Waals surface area contributed by atoms with Crippen molar-refractivity contribution in [2.75, 3.05) is 11.9 Å². The lowest BCUT2D eigenvalue weighted by atomic mass is 10.00. The molecule has 2 heterocycles. The molecule has 4 rings (SSSR count). The van der Waals surface area contributed by atoms with Crippen molar-refractivity contribution in [1.82, 2.24) is 10.6 Å². The Morgan fingerprint density at radius 1 is 1.21 bits per heavy atom. The van der Waals surface area contributed by atoms with Gasteiger partial charge in [0.05, 0.1) is 11.4 Å². The summed E-state index contributed by atoms with van der Waals surface area (Å²) in [6, 6.07) is 12.7. The summed E-state index contributed by atoms with van der Waals surface area (Å²) in [6.07, 6.45) is 4.66. The van der Waals surface area contributed by atoms with E-state index in [0.29, 0.717) is 38.5 Å². The summed E-state index contributed by atoms with van der Waals surface area (Å²) >= 11 is 18.3. The van der Waals surface area contributed by atoms with Gasteiger partial charge in [-0.15, -0.1) is 0 Å². The molecule has 0 saturated carbocycles. The van der Waals surface area contributed by atoms with E-state index in [1.54, 1.807) is 42.4 Å². The maximum atomic E-state index is 13.3. The third kappa shape index (κ3) is 5.11. The van der Waals surface area contributed by atoms with Gasteiger partial charge in [0.25, 0.3) is 5.91 Å². The van der Waals surface area contributed by atoms with Crippen molar-refractivity contribution in [3.63, 3.8) is 0 Å². The molecule has 2 aromatic carbocycles. The highest BCUT2D eigenvalue weighted by atomic mass is 35.5. The first kappa shape index (κ1) is 23.4. The number of halogens is 2. The van der Waals surface area contributed by atoms with Gasteiger partial charge in [-0.3, -0.25) is 4.79 Å². The Morgan fingerprint density at radius 2 is 2.00 bits per heavy atom. The van der Waals surface area contributed by atoms with E-state index in [9.17, 15) is 4.79 Å². The standard InChI is InChI=1S/C24H23Cl2N5OS/c1-3-14-10-11-27-20(12-14)28-24(33)30-22-23(32)31(2)19-9-8-15(25)13-17(19)21(29-22)16-6-4-5-7-18(16)26/h4-11,13-14,22H,3,12H2,1-2H3,(H2,27,28,30,33). The van der Waals surface area contributed by atoms with E-state index in [0.717, 1.165) is 18.7 Å². The first-order chi connectivity index (χ1) is 15.9. The van der Waals surface area contributed by atoms with E-state index in [4.69, 9.17) is 40.4 Å². The Morgan fingerprint density at radius 3 is 2.76 bits per heavy atom. The van der Waals surface area contributed by atoms with Gasteiger partial charge in [0.1, 0.15) is 5.84 Å². The van der Waals surface area contributed by atoms with Gasteiger partial charge in [0, 0.05) is 40.8 Å². The van der Waals surface area contributed by atoms with Crippen LogP contribution in [0.25, 0.3) is 0 Å². The van der Waals surface area contributed by atoms with E-state index >= 15 is 0 Å². The third-order valence-electron chi connectivity index (χ3n) is 5.62. The number of hydrogen-bond acceptors (Lipinski definition) is 4. The van der Waals surface area contributed by atoms with E-state index < -0.39 is 6.17 Å². The van der Waals surface area contributed by atoms with Crippen molar-refractivity contribution in [2.24, 2.45) is 15.9 Å². The van der Waals surface area contributed by atoms with Crippen LogP contribution in [0.5, 0.6) is 0 Å². The fourth-order valence-electron chi connectivity index (χ4n) is 3.79. The van der Waals surface area contributed by atoms with Crippen molar-refractivity contribution in [3.05, 3.63) is 75.9 Å². The molecule has 170 valence electrons. The molecule has 2 aromatic rings. The molecule has 2 aliphatic heterocycles. The zero-order valence-corrected chi connectivity index (χ0v) is 20.5. The Bertz CT molecular complexity index is 1190. The van der Waals surface area contributed by atoms with E-state index in [1.165, 1.54) is 0 Å². The first-order valence-corrected chi connectivity index (χ1v) is 11.7. The molecular formula is C24H23Cl2N5OS. The molecule has 0 bridgehead atoms. The Balaban J connectivity index is 1.69. The summed E-state index contributed by atoms with van der Waals surface area (Å²) in [4.78, 5) is 24.0. The molecule has 0 aliphatic carbocycles. The minimum absolute atomic E-state index is 0.262. The van der Waals surface area contributed by atoms with E-state index in [-0.39, 0.29) is 11.0 Å². The van der Waals surface area contributed by atoms with Crippen molar-refractivity contribution in [2.45, 2.75) is 25.9 Å².